The summed E-state index contributed by atoms with van der Waals surface area (Å²) in [4.78, 5) is 28.8. The second kappa shape index (κ2) is 6.81. The molecule has 8 heteroatoms. The predicted molar refractivity (Wildman–Crippen MR) is 101 cm³/mol. The van der Waals surface area contributed by atoms with Crippen molar-refractivity contribution in [3.05, 3.63) is 64.3 Å². The fourth-order valence-electron chi connectivity index (χ4n) is 2.70. The number of carbonyl (C=O) groups is 1. The van der Waals surface area contributed by atoms with E-state index in [4.69, 9.17) is 9.15 Å². The molecule has 0 radical (unpaired) electrons. The van der Waals surface area contributed by atoms with Gasteiger partial charge in [0.1, 0.15) is 17.1 Å². The number of nitrogens with one attached hydrogen (secondary N) is 1. The number of hydrogen-bond acceptors (Lipinski definition) is 6. The normalized spacial score (nSPS) is 11.0. The van der Waals surface area contributed by atoms with Crippen molar-refractivity contribution < 1.29 is 18.3 Å². The van der Waals surface area contributed by atoms with Crippen molar-refractivity contribution in [2.75, 3.05) is 11.9 Å². The van der Waals surface area contributed by atoms with Crippen LogP contribution < -0.4 is 15.7 Å². The van der Waals surface area contributed by atoms with E-state index >= 15 is 0 Å². The maximum absolute atomic E-state index is 13.3. The number of thiazole rings is 1. The minimum atomic E-state index is -0.646. The Kier molecular flexibility index (Phi) is 4.33. The van der Waals surface area contributed by atoms with E-state index in [1.165, 1.54) is 12.1 Å². The number of rotatable bonds is 4. The fourth-order valence-corrected chi connectivity index (χ4v) is 3.59. The van der Waals surface area contributed by atoms with Gasteiger partial charge in [-0.2, -0.15) is 0 Å². The SMILES string of the molecule is CCOc1ccc2c(C(=O)Nc3nc4ccc(F)cc4s3)cc(=O)oc2c1. The van der Waals surface area contributed by atoms with E-state index < -0.39 is 11.5 Å². The summed E-state index contributed by atoms with van der Waals surface area (Å²) in [5, 5.41) is 3.45. The maximum atomic E-state index is 13.3. The average molecular weight is 384 g/mol. The number of halogens is 1. The van der Waals surface area contributed by atoms with Crippen LogP contribution in [0.4, 0.5) is 9.52 Å². The molecule has 1 N–H and O–H groups in total. The lowest BCUT2D eigenvalue weighted by molar-refractivity contribution is 0.102. The number of fused-ring (bicyclic) bond motifs is 2. The van der Waals surface area contributed by atoms with Crippen LogP contribution in [-0.4, -0.2) is 17.5 Å². The molecule has 2 heterocycles. The van der Waals surface area contributed by atoms with Crippen molar-refractivity contribution in [2.24, 2.45) is 0 Å². The van der Waals surface area contributed by atoms with Crippen LogP contribution in [0.5, 0.6) is 5.75 Å². The summed E-state index contributed by atoms with van der Waals surface area (Å²) >= 11 is 1.15. The van der Waals surface area contributed by atoms with Crippen molar-refractivity contribution in [1.82, 2.24) is 4.98 Å². The molecule has 2 aromatic heterocycles. The highest BCUT2D eigenvalue weighted by molar-refractivity contribution is 7.22. The van der Waals surface area contributed by atoms with E-state index in [0.717, 1.165) is 17.4 Å². The molecule has 1 amide bonds. The molecule has 6 nitrogen and oxygen atoms in total. The van der Waals surface area contributed by atoms with E-state index in [1.54, 1.807) is 24.3 Å². The van der Waals surface area contributed by atoms with Gasteiger partial charge < -0.3 is 9.15 Å². The van der Waals surface area contributed by atoms with Crippen LogP contribution in [0.2, 0.25) is 0 Å². The minimum Gasteiger partial charge on any atom is -0.494 e. The Morgan fingerprint density at radius 1 is 1.26 bits per heavy atom. The van der Waals surface area contributed by atoms with E-state index in [1.807, 2.05) is 6.92 Å². The highest BCUT2D eigenvalue weighted by Crippen LogP contribution is 2.28. The second-order valence-electron chi connectivity index (χ2n) is 5.66. The van der Waals surface area contributed by atoms with Crippen molar-refractivity contribution >= 4 is 43.6 Å². The number of ether oxygens (including phenoxy) is 1. The highest BCUT2D eigenvalue weighted by Gasteiger charge is 2.16. The van der Waals surface area contributed by atoms with Gasteiger partial charge >= 0.3 is 5.63 Å². The Bertz CT molecular complexity index is 1230. The molecule has 0 atom stereocenters. The van der Waals surface area contributed by atoms with Crippen LogP contribution in [-0.2, 0) is 0 Å². The molecule has 0 saturated carbocycles. The summed E-state index contributed by atoms with van der Waals surface area (Å²) < 4.78 is 24.5. The van der Waals surface area contributed by atoms with Gasteiger partial charge in [0.05, 0.1) is 22.4 Å². The molecule has 136 valence electrons. The van der Waals surface area contributed by atoms with Gasteiger partial charge in [-0.3, -0.25) is 10.1 Å². The zero-order valence-electron chi connectivity index (χ0n) is 14.1. The molecule has 0 aliphatic carbocycles. The molecule has 0 aliphatic rings. The Balaban J connectivity index is 1.71. The van der Waals surface area contributed by atoms with Crippen LogP contribution >= 0.6 is 11.3 Å². The molecule has 0 spiro atoms. The Labute approximate surface area is 156 Å². The first kappa shape index (κ1) is 17.2. The minimum absolute atomic E-state index is 0.162. The maximum Gasteiger partial charge on any atom is 0.337 e. The van der Waals surface area contributed by atoms with E-state index in [-0.39, 0.29) is 17.0 Å². The predicted octanol–water partition coefficient (Wildman–Crippen LogP) is 4.19. The Morgan fingerprint density at radius 2 is 2.11 bits per heavy atom. The first-order valence-corrected chi connectivity index (χ1v) is 8.93. The lowest BCUT2D eigenvalue weighted by atomic mass is 10.1. The number of amides is 1. The number of benzene rings is 2. The molecule has 0 aliphatic heterocycles. The number of carbonyl (C=O) groups excluding carboxylic acids is 1. The smallest absolute Gasteiger partial charge is 0.337 e. The zero-order chi connectivity index (χ0) is 19.0. The zero-order valence-corrected chi connectivity index (χ0v) is 14.9. The summed E-state index contributed by atoms with van der Waals surface area (Å²) in [7, 11) is 0. The summed E-state index contributed by atoms with van der Waals surface area (Å²) in [5.41, 5.74) is 0.350. The van der Waals surface area contributed by atoms with E-state index in [2.05, 4.69) is 10.3 Å². The summed E-state index contributed by atoms with van der Waals surface area (Å²) in [6.45, 7) is 2.31. The standard InChI is InChI=1S/C19H13FN2O4S/c1-2-25-11-4-5-12-13(9-17(23)26-15(12)8-11)18(24)22-19-21-14-6-3-10(20)7-16(14)27-19/h3-9H,2H2,1H3,(H,21,22,24). The van der Waals surface area contributed by atoms with Crippen molar-refractivity contribution in [3.8, 4) is 5.75 Å². The lowest BCUT2D eigenvalue weighted by Gasteiger charge is -2.07. The number of anilines is 1. The third-order valence-electron chi connectivity index (χ3n) is 3.84. The molecule has 0 saturated heterocycles. The first-order valence-electron chi connectivity index (χ1n) is 8.11. The van der Waals surface area contributed by atoms with E-state index in [9.17, 15) is 14.0 Å². The molecule has 0 fully saturated rings. The van der Waals surface area contributed by atoms with Crippen molar-refractivity contribution in [3.63, 3.8) is 0 Å². The highest BCUT2D eigenvalue weighted by atomic mass is 32.1. The Hall–Kier alpha value is -3.26. The number of hydrogen-bond donors (Lipinski definition) is 1. The van der Waals surface area contributed by atoms with Crippen molar-refractivity contribution in [1.29, 1.82) is 0 Å². The van der Waals surface area contributed by atoms with Gasteiger partial charge in [-0.05, 0) is 37.3 Å². The fraction of sp³-hybridized carbons (Fsp3) is 0.105. The quantitative estimate of drug-likeness (QED) is 0.534. The first-order chi connectivity index (χ1) is 13.0. The van der Waals surface area contributed by atoms with Gasteiger partial charge in [0.15, 0.2) is 5.13 Å². The van der Waals surface area contributed by atoms with Crippen LogP contribution in [0.15, 0.2) is 51.7 Å². The van der Waals surface area contributed by atoms with Gasteiger partial charge in [-0.15, -0.1) is 0 Å². The number of nitrogens with zero attached hydrogens (tertiary/aromatic N) is 1. The average Bonchev–Trinajstić information content (AvgIpc) is 3.02. The molecule has 4 rings (SSSR count). The second-order valence-corrected chi connectivity index (χ2v) is 6.69. The van der Waals surface area contributed by atoms with Crippen molar-refractivity contribution in [2.45, 2.75) is 6.92 Å². The van der Waals surface area contributed by atoms with E-state index in [0.29, 0.717) is 33.1 Å². The van der Waals surface area contributed by atoms with Crippen LogP contribution in [0.1, 0.15) is 17.3 Å². The van der Waals surface area contributed by atoms with Crippen LogP contribution in [0.25, 0.3) is 21.2 Å². The summed E-state index contributed by atoms with van der Waals surface area (Å²) in [6, 6.07) is 10.3. The summed E-state index contributed by atoms with van der Waals surface area (Å²) in [5.74, 6) is -0.337. The van der Waals surface area contributed by atoms with Gasteiger partial charge in [-0.1, -0.05) is 11.3 Å². The molecule has 0 unspecified atom stereocenters. The molecular formula is C19H13FN2O4S. The van der Waals surface area contributed by atoms with Gasteiger partial charge in [0.2, 0.25) is 0 Å². The topological polar surface area (TPSA) is 81.4 Å². The molecular weight excluding hydrogens is 371 g/mol. The van der Waals surface area contributed by atoms with Gasteiger partial charge in [0.25, 0.3) is 5.91 Å². The number of aromatic nitrogens is 1. The van der Waals surface area contributed by atoms with Crippen LogP contribution in [0.3, 0.4) is 0 Å². The van der Waals surface area contributed by atoms with Crippen LogP contribution in [0, 0.1) is 5.82 Å². The lowest BCUT2D eigenvalue weighted by Crippen LogP contribution is -2.15. The van der Waals surface area contributed by atoms with Gasteiger partial charge in [0, 0.05) is 17.5 Å². The van der Waals surface area contributed by atoms with Gasteiger partial charge in [-0.25, -0.2) is 14.2 Å². The molecule has 4 aromatic rings. The molecule has 2 aromatic carbocycles. The third-order valence-corrected chi connectivity index (χ3v) is 4.78. The molecule has 0 bridgehead atoms. The third kappa shape index (κ3) is 3.39. The molecule has 27 heavy (non-hydrogen) atoms. The largest absolute Gasteiger partial charge is 0.494 e. The monoisotopic (exact) mass is 384 g/mol. The Morgan fingerprint density at radius 3 is 2.93 bits per heavy atom. The summed E-state index contributed by atoms with van der Waals surface area (Å²) in [6.07, 6.45) is 0.